The zero-order valence-corrected chi connectivity index (χ0v) is 16.9. The van der Waals surface area contributed by atoms with E-state index in [-0.39, 0.29) is 16.8 Å². The zero-order chi connectivity index (χ0) is 19.5. The van der Waals surface area contributed by atoms with E-state index in [1.165, 1.54) is 19.2 Å². The number of carbonyl (C=O) groups excluding carboxylic acids is 1. The van der Waals surface area contributed by atoms with Crippen LogP contribution in [0.3, 0.4) is 0 Å². The van der Waals surface area contributed by atoms with E-state index in [1.807, 2.05) is 13.8 Å². The van der Waals surface area contributed by atoms with Crippen LogP contribution in [0.5, 0.6) is 0 Å². The summed E-state index contributed by atoms with van der Waals surface area (Å²) in [5.74, 6) is -0.207. The molecule has 0 saturated heterocycles. The predicted molar refractivity (Wildman–Crippen MR) is 105 cm³/mol. The Morgan fingerprint density at radius 2 is 1.77 bits per heavy atom. The highest BCUT2D eigenvalue weighted by molar-refractivity contribution is 7.92. The van der Waals surface area contributed by atoms with Crippen LogP contribution < -0.4 is 4.31 Å². The van der Waals surface area contributed by atoms with E-state index in [2.05, 4.69) is 0 Å². The summed E-state index contributed by atoms with van der Waals surface area (Å²) in [4.78, 5) is 14.3. The molecule has 0 radical (unpaired) electrons. The normalized spacial score (nSPS) is 12.5. The first kappa shape index (κ1) is 20.3. The van der Waals surface area contributed by atoms with Crippen LogP contribution in [-0.4, -0.2) is 39.4 Å². The molecule has 2 rings (SSSR count). The van der Waals surface area contributed by atoms with Gasteiger partial charge in [0.1, 0.15) is 0 Å². The van der Waals surface area contributed by atoms with Gasteiger partial charge in [-0.25, -0.2) is 8.42 Å². The average molecular weight is 395 g/mol. The first-order valence-corrected chi connectivity index (χ1v) is 10.1. The van der Waals surface area contributed by atoms with Gasteiger partial charge in [-0.2, -0.15) is 0 Å². The first-order valence-electron chi connectivity index (χ1n) is 8.30. The van der Waals surface area contributed by atoms with Gasteiger partial charge in [0.2, 0.25) is 0 Å². The van der Waals surface area contributed by atoms with Crippen LogP contribution in [0, 0.1) is 0 Å². The molecule has 0 aliphatic heterocycles. The molecular formula is C19H23ClN2O3S. The van der Waals surface area contributed by atoms with Crippen molar-refractivity contribution in [2.45, 2.75) is 31.2 Å². The Bertz CT molecular complexity index is 899. The van der Waals surface area contributed by atoms with Crippen molar-refractivity contribution in [1.82, 2.24) is 4.90 Å². The minimum Gasteiger partial charge on any atom is -0.339 e. The Balaban J connectivity index is 2.38. The lowest BCUT2D eigenvalue weighted by Crippen LogP contribution is -2.34. The molecule has 7 heteroatoms. The lowest BCUT2D eigenvalue weighted by Gasteiger charge is -2.24. The van der Waals surface area contributed by atoms with Gasteiger partial charge in [0.15, 0.2) is 0 Å². The third-order valence-corrected chi connectivity index (χ3v) is 6.50. The highest BCUT2D eigenvalue weighted by Crippen LogP contribution is 2.25. The van der Waals surface area contributed by atoms with Crippen LogP contribution >= 0.6 is 11.6 Å². The van der Waals surface area contributed by atoms with Crippen molar-refractivity contribution in [3.63, 3.8) is 0 Å². The van der Waals surface area contributed by atoms with Crippen LogP contribution in [0.1, 0.15) is 30.6 Å². The number of rotatable bonds is 6. The standard InChI is InChI=1S/C19H23ClN2O3S/c1-5-14(2)21(3)19(23)15-8-6-11-18(12-15)26(24,25)22(4)17-10-7-9-16(20)13-17/h6-14H,5H2,1-4H3. The molecule has 0 fully saturated rings. The van der Waals surface area contributed by atoms with Gasteiger partial charge in [0.25, 0.3) is 15.9 Å². The predicted octanol–water partition coefficient (Wildman–Crippen LogP) is 4.04. The number of anilines is 1. The molecule has 2 aromatic rings. The van der Waals surface area contributed by atoms with Gasteiger partial charge in [-0.1, -0.05) is 30.7 Å². The Hall–Kier alpha value is -2.05. The van der Waals surface area contributed by atoms with Crippen LogP contribution in [0.25, 0.3) is 0 Å². The van der Waals surface area contributed by atoms with Crippen molar-refractivity contribution in [2.24, 2.45) is 0 Å². The maximum Gasteiger partial charge on any atom is 0.264 e. The van der Waals surface area contributed by atoms with Gasteiger partial charge in [-0.05, 0) is 49.7 Å². The number of amides is 1. The second kappa shape index (κ2) is 8.10. The fourth-order valence-corrected chi connectivity index (χ4v) is 3.85. The third kappa shape index (κ3) is 4.19. The molecule has 1 amide bonds. The van der Waals surface area contributed by atoms with E-state index in [1.54, 1.807) is 48.3 Å². The molecule has 0 aliphatic carbocycles. The third-order valence-electron chi connectivity index (χ3n) is 4.48. The fourth-order valence-electron chi connectivity index (χ4n) is 2.44. The van der Waals surface area contributed by atoms with Crippen molar-refractivity contribution in [3.8, 4) is 0 Å². The van der Waals surface area contributed by atoms with Crippen LogP contribution in [0.15, 0.2) is 53.4 Å². The minimum atomic E-state index is -3.81. The monoisotopic (exact) mass is 394 g/mol. The second-order valence-corrected chi connectivity index (χ2v) is 8.56. The molecular weight excluding hydrogens is 372 g/mol. The number of sulfonamides is 1. The number of benzene rings is 2. The Labute approximate surface area is 160 Å². The molecule has 140 valence electrons. The summed E-state index contributed by atoms with van der Waals surface area (Å²) in [6.45, 7) is 3.95. The number of carbonyl (C=O) groups is 1. The summed E-state index contributed by atoms with van der Waals surface area (Å²) in [7, 11) is -0.635. The van der Waals surface area contributed by atoms with Gasteiger partial charge in [-0.15, -0.1) is 0 Å². The van der Waals surface area contributed by atoms with E-state index >= 15 is 0 Å². The largest absolute Gasteiger partial charge is 0.339 e. The van der Waals surface area contributed by atoms with Gasteiger partial charge in [0, 0.05) is 30.7 Å². The highest BCUT2D eigenvalue weighted by atomic mass is 35.5. The topological polar surface area (TPSA) is 57.7 Å². The highest BCUT2D eigenvalue weighted by Gasteiger charge is 2.24. The maximum absolute atomic E-state index is 12.9. The molecule has 2 aromatic carbocycles. The van der Waals surface area contributed by atoms with Crippen molar-refractivity contribution in [1.29, 1.82) is 0 Å². The summed E-state index contributed by atoms with van der Waals surface area (Å²) in [5.41, 5.74) is 0.791. The van der Waals surface area contributed by atoms with Gasteiger partial charge >= 0.3 is 0 Å². The quantitative estimate of drug-likeness (QED) is 0.743. The second-order valence-electron chi connectivity index (χ2n) is 6.15. The van der Waals surface area contributed by atoms with E-state index < -0.39 is 10.0 Å². The molecule has 26 heavy (non-hydrogen) atoms. The number of halogens is 1. The molecule has 1 unspecified atom stereocenters. The average Bonchev–Trinajstić information content (AvgIpc) is 2.65. The Morgan fingerprint density at radius 3 is 2.38 bits per heavy atom. The molecule has 0 aromatic heterocycles. The molecule has 0 saturated carbocycles. The van der Waals surface area contributed by atoms with Crippen LogP contribution in [0.2, 0.25) is 5.02 Å². The molecule has 0 aliphatic rings. The van der Waals surface area contributed by atoms with Crippen molar-refractivity contribution < 1.29 is 13.2 Å². The lowest BCUT2D eigenvalue weighted by molar-refractivity contribution is 0.0740. The van der Waals surface area contributed by atoms with E-state index in [9.17, 15) is 13.2 Å². The van der Waals surface area contributed by atoms with Crippen LogP contribution in [-0.2, 0) is 10.0 Å². The van der Waals surface area contributed by atoms with Crippen molar-refractivity contribution >= 4 is 33.2 Å². The molecule has 0 N–H and O–H groups in total. The summed E-state index contributed by atoms with van der Waals surface area (Å²) in [6.07, 6.45) is 0.817. The number of nitrogens with zero attached hydrogens (tertiary/aromatic N) is 2. The Morgan fingerprint density at radius 1 is 1.12 bits per heavy atom. The molecule has 1 atom stereocenters. The maximum atomic E-state index is 12.9. The smallest absolute Gasteiger partial charge is 0.264 e. The molecule has 0 heterocycles. The SMILES string of the molecule is CCC(C)N(C)C(=O)c1cccc(S(=O)(=O)N(C)c2cccc(Cl)c2)c1. The van der Waals surface area contributed by atoms with E-state index in [4.69, 9.17) is 11.6 Å². The van der Waals surface area contributed by atoms with Crippen LogP contribution in [0.4, 0.5) is 5.69 Å². The molecule has 0 spiro atoms. The number of hydrogen-bond donors (Lipinski definition) is 0. The number of hydrogen-bond acceptors (Lipinski definition) is 3. The summed E-state index contributed by atoms with van der Waals surface area (Å²) >= 11 is 5.96. The van der Waals surface area contributed by atoms with Gasteiger partial charge in [-0.3, -0.25) is 9.10 Å². The summed E-state index contributed by atoms with van der Waals surface area (Å²) in [6, 6.07) is 12.8. The van der Waals surface area contributed by atoms with Gasteiger partial charge in [0.05, 0.1) is 10.6 Å². The van der Waals surface area contributed by atoms with Gasteiger partial charge < -0.3 is 4.90 Å². The van der Waals surface area contributed by atoms with E-state index in [0.717, 1.165) is 10.7 Å². The zero-order valence-electron chi connectivity index (χ0n) is 15.3. The fraction of sp³-hybridized carbons (Fsp3) is 0.316. The van der Waals surface area contributed by atoms with Crippen molar-refractivity contribution in [3.05, 3.63) is 59.1 Å². The lowest BCUT2D eigenvalue weighted by atomic mass is 10.1. The summed E-state index contributed by atoms with van der Waals surface area (Å²) in [5, 5.41) is 0.448. The molecule has 0 bridgehead atoms. The summed E-state index contributed by atoms with van der Waals surface area (Å²) < 4.78 is 27.0. The van der Waals surface area contributed by atoms with Crippen molar-refractivity contribution in [2.75, 3.05) is 18.4 Å². The minimum absolute atomic E-state index is 0.0587. The molecule has 5 nitrogen and oxygen atoms in total. The Kier molecular flexibility index (Phi) is 6.31. The first-order chi connectivity index (χ1) is 12.2. The van der Waals surface area contributed by atoms with E-state index in [0.29, 0.717) is 16.3 Å².